The van der Waals surface area contributed by atoms with E-state index >= 15 is 0 Å². The first-order chi connectivity index (χ1) is 5.92. The Bertz CT molecular complexity index is 198. The average Bonchev–Trinajstić information content (AvgIpc) is 2.29. The largest absolute Gasteiger partial charge is 0.396 e. The highest BCUT2D eigenvalue weighted by Gasteiger charge is 2.31. The summed E-state index contributed by atoms with van der Waals surface area (Å²) in [6, 6.07) is 0. The van der Waals surface area contributed by atoms with Crippen LogP contribution < -0.4 is 0 Å². The van der Waals surface area contributed by atoms with Crippen molar-refractivity contribution in [1.82, 2.24) is 4.90 Å². The molecule has 0 aromatic heterocycles. The molecule has 2 N–H and O–H groups in total. The monoisotopic (exact) mass is 187 g/mol. The predicted molar refractivity (Wildman–Crippen MR) is 48.1 cm³/mol. The first kappa shape index (κ1) is 10.5. The first-order valence-electron chi connectivity index (χ1n) is 4.53. The Hall–Kier alpha value is -0.610. The normalized spacial score (nSPS) is 24.2. The third-order valence-corrected chi connectivity index (χ3v) is 2.13. The van der Waals surface area contributed by atoms with Gasteiger partial charge in [-0.05, 0) is 13.8 Å². The van der Waals surface area contributed by atoms with Gasteiger partial charge in [0.15, 0.2) is 0 Å². The van der Waals surface area contributed by atoms with Crippen molar-refractivity contribution in [3.8, 4) is 0 Å². The van der Waals surface area contributed by atoms with Crippen molar-refractivity contribution in [1.29, 1.82) is 0 Å². The molecule has 1 aliphatic rings. The van der Waals surface area contributed by atoms with Crippen molar-refractivity contribution in [3.63, 3.8) is 0 Å². The summed E-state index contributed by atoms with van der Waals surface area (Å²) in [7, 11) is 0. The number of hydrogen-bond donors (Lipinski definition) is 2. The number of aliphatic hydroxyl groups excluding tert-OH is 1. The fourth-order valence-electron chi connectivity index (χ4n) is 1.60. The summed E-state index contributed by atoms with van der Waals surface area (Å²) in [5.41, 5.74) is -0.847. The van der Waals surface area contributed by atoms with E-state index in [4.69, 9.17) is 5.11 Å². The zero-order chi connectivity index (χ0) is 10.1. The third kappa shape index (κ3) is 2.97. The molecule has 76 valence electrons. The summed E-state index contributed by atoms with van der Waals surface area (Å²) in [6.45, 7) is 4.31. The Morgan fingerprint density at radius 3 is 2.62 bits per heavy atom. The summed E-state index contributed by atoms with van der Waals surface area (Å²) in [5, 5.41) is 18.4. The summed E-state index contributed by atoms with van der Waals surface area (Å²) in [5.74, 6) is 0.0797. The number of hydrogen-bond acceptors (Lipinski definition) is 3. The van der Waals surface area contributed by atoms with Crippen molar-refractivity contribution in [2.75, 3.05) is 19.7 Å². The summed E-state index contributed by atoms with van der Waals surface area (Å²) >= 11 is 0. The minimum absolute atomic E-state index is 0.0289. The van der Waals surface area contributed by atoms with E-state index in [2.05, 4.69) is 0 Å². The molecule has 1 atom stereocenters. The van der Waals surface area contributed by atoms with E-state index in [1.807, 2.05) is 0 Å². The molecule has 1 fully saturated rings. The van der Waals surface area contributed by atoms with Gasteiger partial charge in [0, 0.05) is 32.0 Å². The van der Waals surface area contributed by atoms with Crippen LogP contribution in [0.5, 0.6) is 0 Å². The number of aliphatic hydroxyl groups is 2. The van der Waals surface area contributed by atoms with Crippen LogP contribution in [0.3, 0.4) is 0 Å². The van der Waals surface area contributed by atoms with Crippen LogP contribution in [0, 0.1) is 5.92 Å². The van der Waals surface area contributed by atoms with E-state index < -0.39 is 5.60 Å². The predicted octanol–water partition coefficient (Wildman–Crippen LogP) is -0.402. The molecular weight excluding hydrogens is 170 g/mol. The summed E-state index contributed by atoms with van der Waals surface area (Å²) in [4.78, 5) is 12.9. The fourth-order valence-corrected chi connectivity index (χ4v) is 1.60. The first-order valence-corrected chi connectivity index (χ1v) is 4.53. The number of amides is 1. The van der Waals surface area contributed by atoms with Crippen LogP contribution in [0.2, 0.25) is 0 Å². The Balaban J connectivity index is 2.49. The van der Waals surface area contributed by atoms with Gasteiger partial charge in [-0.2, -0.15) is 0 Å². The molecular formula is C9H17NO3. The molecule has 0 saturated carbocycles. The highest BCUT2D eigenvalue weighted by molar-refractivity contribution is 5.78. The van der Waals surface area contributed by atoms with Gasteiger partial charge in [0.05, 0.1) is 5.60 Å². The number of carbonyl (C=O) groups excluding carboxylic acids is 1. The number of likely N-dealkylation sites (tertiary alicyclic amines) is 1. The quantitative estimate of drug-likeness (QED) is 0.632. The summed E-state index contributed by atoms with van der Waals surface area (Å²) < 4.78 is 0. The van der Waals surface area contributed by atoms with Crippen molar-refractivity contribution in [2.24, 2.45) is 5.92 Å². The highest BCUT2D eigenvalue weighted by atomic mass is 16.3. The van der Waals surface area contributed by atoms with Gasteiger partial charge in [0.1, 0.15) is 0 Å². The number of carbonyl (C=O) groups is 1. The molecule has 0 spiro atoms. The van der Waals surface area contributed by atoms with E-state index in [1.54, 1.807) is 18.7 Å². The van der Waals surface area contributed by atoms with Gasteiger partial charge in [0.25, 0.3) is 0 Å². The van der Waals surface area contributed by atoms with Gasteiger partial charge in [-0.25, -0.2) is 0 Å². The molecule has 0 bridgehead atoms. The zero-order valence-corrected chi connectivity index (χ0v) is 8.16. The fraction of sp³-hybridized carbons (Fsp3) is 0.889. The topological polar surface area (TPSA) is 60.8 Å². The molecule has 0 aromatic carbocycles. The van der Waals surface area contributed by atoms with Crippen LogP contribution in [0.15, 0.2) is 0 Å². The zero-order valence-electron chi connectivity index (χ0n) is 8.16. The van der Waals surface area contributed by atoms with Crippen LogP contribution in [-0.2, 0) is 4.79 Å². The van der Waals surface area contributed by atoms with Crippen molar-refractivity contribution in [2.45, 2.75) is 25.9 Å². The lowest BCUT2D eigenvalue weighted by Crippen LogP contribution is -2.39. The SMILES string of the molecule is CC(C)(O)CN1CC(CO)CC1=O. The molecule has 0 aliphatic carbocycles. The van der Waals surface area contributed by atoms with Gasteiger partial charge in [-0.1, -0.05) is 0 Å². The van der Waals surface area contributed by atoms with E-state index in [9.17, 15) is 9.90 Å². The molecule has 4 heteroatoms. The molecule has 0 aromatic rings. The molecule has 1 saturated heterocycles. The smallest absolute Gasteiger partial charge is 0.223 e. The van der Waals surface area contributed by atoms with Crippen LogP contribution in [0.1, 0.15) is 20.3 Å². The lowest BCUT2D eigenvalue weighted by molar-refractivity contribution is -0.130. The second-order valence-corrected chi connectivity index (χ2v) is 4.34. The Morgan fingerprint density at radius 1 is 1.62 bits per heavy atom. The van der Waals surface area contributed by atoms with E-state index in [0.717, 1.165) is 0 Å². The molecule has 1 unspecified atom stereocenters. The van der Waals surface area contributed by atoms with Gasteiger partial charge < -0.3 is 15.1 Å². The number of β-amino-alcohol motifs (C(OH)–C–C–N with tert-alkyl or cyclic N) is 1. The van der Waals surface area contributed by atoms with Crippen molar-refractivity contribution in [3.05, 3.63) is 0 Å². The molecule has 13 heavy (non-hydrogen) atoms. The second kappa shape index (κ2) is 3.64. The van der Waals surface area contributed by atoms with Gasteiger partial charge in [-0.3, -0.25) is 4.79 Å². The minimum atomic E-state index is -0.847. The third-order valence-electron chi connectivity index (χ3n) is 2.13. The molecule has 1 rings (SSSR count). The molecule has 1 amide bonds. The molecule has 4 nitrogen and oxygen atoms in total. The van der Waals surface area contributed by atoms with Gasteiger partial charge in [-0.15, -0.1) is 0 Å². The van der Waals surface area contributed by atoms with Gasteiger partial charge in [0.2, 0.25) is 5.91 Å². The summed E-state index contributed by atoms with van der Waals surface area (Å²) in [6.07, 6.45) is 0.409. The Morgan fingerprint density at radius 2 is 2.23 bits per heavy atom. The lowest BCUT2D eigenvalue weighted by atomic mass is 10.1. The van der Waals surface area contributed by atoms with Crippen LogP contribution >= 0.6 is 0 Å². The maximum absolute atomic E-state index is 11.3. The van der Waals surface area contributed by atoms with Crippen molar-refractivity contribution >= 4 is 5.91 Å². The van der Waals surface area contributed by atoms with Crippen LogP contribution in [0.4, 0.5) is 0 Å². The maximum Gasteiger partial charge on any atom is 0.223 e. The van der Waals surface area contributed by atoms with Crippen LogP contribution in [-0.4, -0.2) is 46.3 Å². The van der Waals surface area contributed by atoms with Crippen molar-refractivity contribution < 1.29 is 15.0 Å². The Kier molecular flexibility index (Phi) is 2.93. The molecule has 1 heterocycles. The van der Waals surface area contributed by atoms with E-state index in [0.29, 0.717) is 19.5 Å². The average molecular weight is 187 g/mol. The number of rotatable bonds is 3. The van der Waals surface area contributed by atoms with E-state index in [1.165, 1.54) is 0 Å². The molecule has 1 aliphatic heterocycles. The second-order valence-electron chi connectivity index (χ2n) is 4.34. The standard InChI is InChI=1S/C9H17NO3/c1-9(2,13)6-10-4-7(5-11)3-8(10)12/h7,11,13H,3-6H2,1-2H3. The number of nitrogens with zero attached hydrogens (tertiary/aromatic N) is 1. The maximum atomic E-state index is 11.3. The van der Waals surface area contributed by atoms with E-state index in [-0.39, 0.29) is 18.4 Å². The van der Waals surface area contributed by atoms with Crippen LogP contribution in [0.25, 0.3) is 0 Å². The minimum Gasteiger partial charge on any atom is -0.396 e. The Labute approximate surface area is 78.2 Å². The van der Waals surface area contributed by atoms with Gasteiger partial charge >= 0.3 is 0 Å². The highest BCUT2D eigenvalue weighted by Crippen LogP contribution is 2.19. The molecule has 0 radical (unpaired) electrons. The lowest BCUT2D eigenvalue weighted by Gasteiger charge is -2.25.